The minimum Gasteiger partial charge on any atom is -0.362 e. The lowest BCUT2D eigenvalue weighted by atomic mass is 9.98. The summed E-state index contributed by atoms with van der Waals surface area (Å²) >= 11 is 0. The van der Waals surface area contributed by atoms with Gasteiger partial charge < -0.3 is 15.0 Å². The van der Waals surface area contributed by atoms with Gasteiger partial charge in [-0.2, -0.15) is 0 Å². The van der Waals surface area contributed by atoms with Crippen LogP contribution in [-0.4, -0.2) is 48.7 Å². The van der Waals surface area contributed by atoms with Gasteiger partial charge in [-0.15, -0.1) is 0 Å². The number of nitrogens with zero attached hydrogens (tertiary/aromatic N) is 1. The minimum atomic E-state index is -0.539. The van der Waals surface area contributed by atoms with Crippen molar-refractivity contribution in [1.82, 2.24) is 10.2 Å². The van der Waals surface area contributed by atoms with Crippen LogP contribution in [0.1, 0.15) is 20.3 Å². The second-order valence-electron chi connectivity index (χ2n) is 4.36. The minimum absolute atomic E-state index is 0.170. The molecule has 0 unspecified atom stereocenters. The molecule has 1 amide bonds. The molecule has 80 valence electrons. The van der Waals surface area contributed by atoms with Crippen molar-refractivity contribution >= 4 is 5.91 Å². The fourth-order valence-corrected chi connectivity index (χ4v) is 2.23. The van der Waals surface area contributed by atoms with E-state index in [1.807, 2.05) is 4.90 Å². The number of hydrogen-bond donors (Lipinski definition) is 1. The van der Waals surface area contributed by atoms with E-state index in [2.05, 4.69) is 19.2 Å². The third kappa shape index (κ3) is 1.42. The van der Waals surface area contributed by atoms with Crippen LogP contribution >= 0.6 is 0 Å². The molecule has 0 radical (unpaired) electrons. The van der Waals surface area contributed by atoms with Crippen LogP contribution in [0.15, 0.2) is 0 Å². The van der Waals surface area contributed by atoms with Gasteiger partial charge in [0.25, 0.3) is 5.91 Å². The molecule has 4 heteroatoms. The average Bonchev–Trinajstić information content (AvgIpc) is 2.59. The lowest BCUT2D eigenvalue weighted by Gasteiger charge is -2.40. The van der Waals surface area contributed by atoms with E-state index in [1.165, 1.54) is 0 Å². The Kier molecular flexibility index (Phi) is 2.49. The zero-order valence-electron chi connectivity index (χ0n) is 8.88. The predicted molar refractivity (Wildman–Crippen MR) is 53.0 cm³/mol. The van der Waals surface area contributed by atoms with Gasteiger partial charge in [0.15, 0.2) is 5.60 Å². The van der Waals surface area contributed by atoms with Crippen LogP contribution in [0.3, 0.4) is 0 Å². The van der Waals surface area contributed by atoms with Crippen molar-refractivity contribution in [3.05, 3.63) is 0 Å². The lowest BCUT2D eigenvalue weighted by Crippen LogP contribution is -2.59. The topological polar surface area (TPSA) is 41.6 Å². The SMILES string of the molecule is CC(C)N1CCO[C@@]2(CCNC2)C1=O. The van der Waals surface area contributed by atoms with Crippen molar-refractivity contribution in [2.45, 2.75) is 31.9 Å². The van der Waals surface area contributed by atoms with Crippen LogP contribution < -0.4 is 5.32 Å². The van der Waals surface area contributed by atoms with Gasteiger partial charge in [0.2, 0.25) is 0 Å². The molecule has 14 heavy (non-hydrogen) atoms. The number of carbonyl (C=O) groups is 1. The van der Waals surface area contributed by atoms with Gasteiger partial charge in [-0.1, -0.05) is 0 Å². The number of hydrogen-bond acceptors (Lipinski definition) is 3. The Morgan fingerprint density at radius 2 is 2.36 bits per heavy atom. The number of nitrogens with one attached hydrogen (secondary N) is 1. The number of carbonyl (C=O) groups excluding carboxylic acids is 1. The molecule has 0 aliphatic carbocycles. The van der Waals surface area contributed by atoms with Gasteiger partial charge >= 0.3 is 0 Å². The first kappa shape index (κ1) is 9.93. The maximum absolute atomic E-state index is 12.2. The summed E-state index contributed by atoms with van der Waals surface area (Å²) in [5, 5.41) is 3.20. The Balaban J connectivity index is 2.16. The van der Waals surface area contributed by atoms with E-state index in [0.29, 0.717) is 13.2 Å². The molecule has 2 aliphatic heterocycles. The summed E-state index contributed by atoms with van der Waals surface area (Å²) in [4.78, 5) is 14.1. The molecule has 2 saturated heterocycles. The molecule has 2 aliphatic rings. The Labute approximate surface area is 84.6 Å². The summed E-state index contributed by atoms with van der Waals surface area (Å²) in [5.41, 5.74) is -0.539. The van der Waals surface area contributed by atoms with Crippen molar-refractivity contribution in [2.24, 2.45) is 0 Å². The van der Waals surface area contributed by atoms with Gasteiger partial charge in [-0.3, -0.25) is 4.79 Å². The molecule has 0 saturated carbocycles. The summed E-state index contributed by atoms with van der Waals surface area (Å²) < 4.78 is 5.67. The van der Waals surface area contributed by atoms with E-state index < -0.39 is 5.60 Å². The van der Waals surface area contributed by atoms with Crippen molar-refractivity contribution in [3.8, 4) is 0 Å². The van der Waals surface area contributed by atoms with E-state index in [9.17, 15) is 4.79 Å². The highest BCUT2D eigenvalue weighted by Gasteiger charge is 2.47. The molecule has 2 fully saturated rings. The maximum atomic E-state index is 12.2. The van der Waals surface area contributed by atoms with Crippen LogP contribution in [-0.2, 0) is 9.53 Å². The highest BCUT2D eigenvalue weighted by molar-refractivity contribution is 5.86. The summed E-state index contributed by atoms with van der Waals surface area (Å²) in [6, 6.07) is 0.281. The number of ether oxygens (including phenoxy) is 1. The average molecular weight is 198 g/mol. The highest BCUT2D eigenvalue weighted by Crippen LogP contribution is 2.27. The quantitative estimate of drug-likeness (QED) is 0.644. The monoisotopic (exact) mass is 198 g/mol. The Hall–Kier alpha value is -0.610. The molecule has 1 spiro atoms. The fourth-order valence-electron chi connectivity index (χ4n) is 2.23. The molecule has 2 heterocycles. The zero-order valence-corrected chi connectivity index (χ0v) is 8.88. The summed E-state index contributed by atoms with van der Waals surface area (Å²) in [7, 11) is 0. The van der Waals surface area contributed by atoms with E-state index in [-0.39, 0.29) is 11.9 Å². The zero-order chi connectivity index (χ0) is 10.2. The number of rotatable bonds is 1. The molecule has 2 rings (SSSR count). The van der Waals surface area contributed by atoms with Crippen molar-refractivity contribution in [3.63, 3.8) is 0 Å². The summed E-state index contributed by atoms with van der Waals surface area (Å²) in [6.45, 7) is 7.08. The Morgan fingerprint density at radius 3 is 2.93 bits per heavy atom. The van der Waals surface area contributed by atoms with E-state index >= 15 is 0 Å². The lowest BCUT2D eigenvalue weighted by molar-refractivity contribution is -0.171. The normalized spacial score (nSPS) is 33.4. The fraction of sp³-hybridized carbons (Fsp3) is 0.900. The Bertz CT molecular complexity index is 234. The highest BCUT2D eigenvalue weighted by atomic mass is 16.5. The molecule has 4 nitrogen and oxygen atoms in total. The van der Waals surface area contributed by atoms with Crippen LogP contribution in [0, 0.1) is 0 Å². The Morgan fingerprint density at radius 1 is 1.57 bits per heavy atom. The van der Waals surface area contributed by atoms with Crippen LogP contribution in [0.2, 0.25) is 0 Å². The first-order valence-electron chi connectivity index (χ1n) is 5.31. The molecular weight excluding hydrogens is 180 g/mol. The number of amides is 1. The van der Waals surface area contributed by atoms with E-state index in [0.717, 1.165) is 19.5 Å². The largest absolute Gasteiger partial charge is 0.362 e. The van der Waals surface area contributed by atoms with E-state index in [1.54, 1.807) is 0 Å². The smallest absolute Gasteiger partial charge is 0.256 e. The van der Waals surface area contributed by atoms with E-state index in [4.69, 9.17) is 4.74 Å². The van der Waals surface area contributed by atoms with Crippen molar-refractivity contribution in [2.75, 3.05) is 26.2 Å². The van der Waals surface area contributed by atoms with Crippen molar-refractivity contribution < 1.29 is 9.53 Å². The molecule has 0 aromatic carbocycles. The first-order chi connectivity index (χ1) is 6.66. The second-order valence-corrected chi connectivity index (χ2v) is 4.36. The molecule has 1 atom stereocenters. The molecule has 1 N–H and O–H groups in total. The van der Waals surface area contributed by atoms with Gasteiger partial charge in [-0.05, 0) is 26.8 Å². The third-order valence-electron chi connectivity index (χ3n) is 3.10. The number of morpholine rings is 1. The van der Waals surface area contributed by atoms with Crippen molar-refractivity contribution in [1.29, 1.82) is 0 Å². The predicted octanol–water partition coefficient (Wildman–Crippen LogP) is -0.0143. The second kappa shape index (κ2) is 3.51. The van der Waals surface area contributed by atoms with Gasteiger partial charge in [0.1, 0.15) is 0 Å². The standard InChI is InChI=1S/C10H18N2O2/c1-8(2)12-5-6-14-10(9(12)13)3-4-11-7-10/h8,11H,3-7H2,1-2H3/t10-/m1/s1. The van der Waals surface area contributed by atoms with Gasteiger partial charge in [0, 0.05) is 19.1 Å². The van der Waals surface area contributed by atoms with Gasteiger partial charge in [-0.25, -0.2) is 0 Å². The maximum Gasteiger partial charge on any atom is 0.256 e. The molecule has 0 aromatic rings. The first-order valence-corrected chi connectivity index (χ1v) is 5.31. The van der Waals surface area contributed by atoms with Crippen LogP contribution in [0.25, 0.3) is 0 Å². The summed E-state index contributed by atoms with van der Waals surface area (Å²) in [6.07, 6.45) is 0.815. The summed E-state index contributed by atoms with van der Waals surface area (Å²) in [5.74, 6) is 0.170. The van der Waals surface area contributed by atoms with Crippen LogP contribution in [0.4, 0.5) is 0 Å². The van der Waals surface area contributed by atoms with Gasteiger partial charge in [0.05, 0.1) is 6.61 Å². The molecular formula is C10H18N2O2. The third-order valence-corrected chi connectivity index (χ3v) is 3.10. The van der Waals surface area contributed by atoms with Crippen LogP contribution in [0.5, 0.6) is 0 Å². The molecule has 0 aromatic heterocycles. The molecule has 0 bridgehead atoms.